The van der Waals surface area contributed by atoms with Crippen molar-refractivity contribution in [3.63, 3.8) is 0 Å². The summed E-state index contributed by atoms with van der Waals surface area (Å²) in [5.41, 5.74) is 2.28. The normalized spacial score (nSPS) is 12.8. The second-order valence-corrected chi connectivity index (χ2v) is 12.6. The van der Waals surface area contributed by atoms with E-state index in [2.05, 4.69) is 39.6 Å². The lowest BCUT2D eigenvalue weighted by molar-refractivity contribution is -0.126. The molecule has 9 heteroatoms. The Morgan fingerprint density at radius 1 is 1.03 bits per heavy atom. The quantitative estimate of drug-likeness (QED) is 0.495. The topological polar surface area (TPSA) is 106 Å². The van der Waals surface area contributed by atoms with Crippen molar-refractivity contribution in [1.29, 1.82) is 0 Å². The van der Waals surface area contributed by atoms with Gasteiger partial charge < -0.3 is 19.8 Å². The number of ether oxygens (including phenoxy) is 1. The number of carbonyl (C=O) groups excluding carboxylic acids is 2. The van der Waals surface area contributed by atoms with Crippen LogP contribution in [0.4, 0.5) is 5.69 Å². The van der Waals surface area contributed by atoms with E-state index in [1.54, 1.807) is 14.0 Å². The summed E-state index contributed by atoms with van der Waals surface area (Å²) < 4.78 is 10.4. The smallest absolute Gasteiger partial charge is 0.251 e. The third-order valence-corrected chi connectivity index (χ3v) is 6.59. The van der Waals surface area contributed by atoms with E-state index < -0.39 is 22.0 Å². The molecule has 2 amide bonds. The average Bonchev–Trinajstić information content (AvgIpc) is 3.17. The second kappa shape index (κ2) is 10.6. The number of aromatic nitrogens is 2. The number of nitrogens with one attached hydrogen (secondary N) is 2. The zero-order valence-corrected chi connectivity index (χ0v) is 20.4. The predicted octanol–water partition coefficient (Wildman–Crippen LogP) is 3.62. The lowest BCUT2D eigenvalue weighted by atomic mass is 10.0. The van der Waals surface area contributed by atoms with E-state index in [1.807, 2.05) is 48.5 Å². The van der Waals surface area contributed by atoms with Gasteiger partial charge in [-0.25, -0.2) is 10.0 Å². The van der Waals surface area contributed by atoms with Crippen LogP contribution >= 0.6 is 10.0 Å². The fourth-order valence-corrected chi connectivity index (χ4v) is 4.15. The molecule has 2 aromatic carbocycles. The Morgan fingerprint density at radius 2 is 1.70 bits per heavy atom. The van der Waals surface area contributed by atoms with Crippen molar-refractivity contribution in [2.75, 3.05) is 31.2 Å². The van der Waals surface area contributed by atoms with E-state index in [0.717, 1.165) is 5.56 Å². The van der Waals surface area contributed by atoms with Gasteiger partial charge in [-0.15, -0.1) is 10.2 Å². The Labute approximate surface area is 195 Å². The van der Waals surface area contributed by atoms with Gasteiger partial charge in [0.15, 0.2) is 0 Å². The molecule has 0 aliphatic heterocycles. The van der Waals surface area contributed by atoms with Crippen molar-refractivity contribution < 1.29 is 18.7 Å². The number of benzene rings is 2. The van der Waals surface area contributed by atoms with Crippen LogP contribution in [0.2, 0.25) is 0 Å². The number of nitrogens with zero attached hydrogens (tertiary/aromatic N) is 2. The summed E-state index contributed by atoms with van der Waals surface area (Å²) in [5.74, 6) is -0.173. The van der Waals surface area contributed by atoms with Gasteiger partial charge in [0, 0.05) is 19.7 Å². The van der Waals surface area contributed by atoms with Gasteiger partial charge >= 0.3 is 0 Å². The maximum Gasteiger partial charge on any atom is 0.251 e. The van der Waals surface area contributed by atoms with E-state index in [9.17, 15) is 9.59 Å². The van der Waals surface area contributed by atoms with Crippen molar-refractivity contribution in [2.24, 2.45) is 0 Å². The first kappa shape index (κ1) is 24.5. The molecule has 0 fully saturated rings. The first-order valence-corrected chi connectivity index (χ1v) is 13.3. The molecular weight excluding hydrogens is 440 g/mol. The highest BCUT2D eigenvalue weighted by molar-refractivity contribution is 8.32. The van der Waals surface area contributed by atoms with Gasteiger partial charge in [-0.1, -0.05) is 24.3 Å². The molecule has 3 aromatic rings. The van der Waals surface area contributed by atoms with Gasteiger partial charge in [-0.3, -0.25) is 9.59 Å². The number of hydrogen-bond donors (Lipinski definition) is 2. The van der Waals surface area contributed by atoms with Crippen LogP contribution in [-0.4, -0.2) is 47.9 Å². The van der Waals surface area contributed by atoms with E-state index in [4.69, 9.17) is 9.15 Å². The Balaban J connectivity index is 1.79. The Bertz CT molecular complexity index is 1090. The van der Waals surface area contributed by atoms with Crippen molar-refractivity contribution in [2.45, 2.75) is 30.9 Å². The molecule has 0 bridgehead atoms. The molecule has 176 valence electrons. The minimum Gasteiger partial charge on any atom is -0.425 e. The zero-order valence-electron chi connectivity index (χ0n) is 19.5. The van der Waals surface area contributed by atoms with E-state index in [1.165, 1.54) is 4.90 Å². The minimum absolute atomic E-state index is 0.116. The SMILES string of the molecule is COCc1ccc(C(NC(=O)Cc2nnc(C)o2)C(=O)Nc2ccc(S(C)(C)C)cc2)cc1. The largest absolute Gasteiger partial charge is 0.425 e. The van der Waals surface area contributed by atoms with Crippen LogP contribution < -0.4 is 10.6 Å². The van der Waals surface area contributed by atoms with Crippen LogP contribution in [0.3, 0.4) is 0 Å². The summed E-state index contributed by atoms with van der Waals surface area (Å²) >= 11 is 0. The number of hydrogen-bond acceptors (Lipinski definition) is 6. The van der Waals surface area contributed by atoms with Gasteiger partial charge in [0.1, 0.15) is 12.5 Å². The van der Waals surface area contributed by atoms with Crippen molar-refractivity contribution >= 4 is 27.5 Å². The number of amides is 2. The predicted molar refractivity (Wildman–Crippen MR) is 129 cm³/mol. The van der Waals surface area contributed by atoms with E-state index in [-0.39, 0.29) is 18.2 Å². The van der Waals surface area contributed by atoms with Gasteiger partial charge in [-0.05, 0) is 59.1 Å². The van der Waals surface area contributed by atoms with Gasteiger partial charge in [0.25, 0.3) is 5.91 Å². The molecule has 1 atom stereocenters. The van der Waals surface area contributed by atoms with Crippen LogP contribution in [-0.2, 0) is 27.4 Å². The molecule has 33 heavy (non-hydrogen) atoms. The van der Waals surface area contributed by atoms with Crippen LogP contribution in [0.25, 0.3) is 0 Å². The molecule has 1 unspecified atom stereocenters. The summed E-state index contributed by atoms with van der Waals surface area (Å²) in [4.78, 5) is 27.1. The standard InChI is InChI=1S/C24H30N4O4S/c1-16-27-28-22(32-16)14-21(29)26-23(18-8-6-17(7-9-18)15-31-2)24(30)25-19-10-12-20(13-11-19)33(3,4)5/h6-13,23H,14-15H2,1-5H3,(H,25,30)(H,26,29). The fourth-order valence-electron chi connectivity index (χ4n) is 3.19. The molecule has 0 saturated carbocycles. The summed E-state index contributed by atoms with van der Waals surface area (Å²) in [6.07, 6.45) is 6.52. The highest BCUT2D eigenvalue weighted by atomic mass is 32.3. The van der Waals surface area contributed by atoms with Crippen LogP contribution in [0.15, 0.2) is 57.8 Å². The molecule has 2 N–H and O–H groups in total. The number of carbonyl (C=O) groups is 2. The third-order valence-electron chi connectivity index (χ3n) is 4.90. The molecular formula is C24H30N4O4S. The number of methoxy groups -OCH3 is 1. The fraction of sp³-hybridized carbons (Fsp3) is 0.333. The number of rotatable bonds is 9. The van der Waals surface area contributed by atoms with Crippen molar-refractivity contribution in [1.82, 2.24) is 15.5 Å². The first-order valence-electron chi connectivity index (χ1n) is 10.4. The zero-order chi connectivity index (χ0) is 24.0. The Morgan fingerprint density at radius 3 is 2.24 bits per heavy atom. The lowest BCUT2D eigenvalue weighted by Crippen LogP contribution is -2.37. The Hall–Kier alpha value is -3.17. The third kappa shape index (κ3) is 6.90. The molecule has 1 aromatic heterocycles. The molecule has 1 heterocycles. The molecule has 3 rings (SSSR count). The van der Waals surface area contributed by atoms with E-state index in [0.29, 0.717) is 23.7 Å². The lowest BCUT2D eigenvalue weighted by Gasteiger charge is -2.26. The van der Waals surface area contributed by atoms with Crippen molar-refractivity contribution in [3.05, 3.63) is 71.4 Å². The molecule has 0 spiro atoms. The molecule has 0 saturated heterocycles. The highest BCUT2D eigenvalue weighted by Gasteiger charge is 2.24. The van der Waals surface area contributed by atoms with E-state index >= 15 is 0 Å². The molecule has 8 nitrogen and oxygen atoms in total. The van der Waals surface area contributed by atoms with Crippen LogP contribution in [0.5, 0.6) is 0 Å². The highest BCUT2D eigenvalue weighted by Crippen LogP contribution is 2.45. The summed E-state index contributed by atoms with van der Waals surface area (Å²) in [5, 5.41) is 13.3. The second-order valence-electron chi connectivity index (χ2n) is 8.42. The number of aryl methyl sites for hydroxylation is 1. The minimum atomic E-state index is -0.897. The first-order chi connectivity index (χ1) is 15.7. The van der Waals surface area contributed by atoms with Crippen LogP contribution in [0, 0.1) is 6.92 Å². The Kier molecular flexibility index (Phi) is 7.88. The monoisotopic (exact) mass is 470 g/mol. The van der Waals surface area contributed by atoms with Gasteiger partial charge in [0.05, 0.1) is 6.61 Å². The van der Waals surface area contributed by atoms with Crippen LogP contribution in [0.1, 0.15) is 29.0 Å². The van der Waals surface area contributed by atoms with Gasteiger partial charge in [-0.2, -0.15) is 0 Å². The molecule has 0 aliphatic carbocycles. The molecule has 0 radical (unpaired) electrons. The molecule has 0 aliphatic rings. The maximum atomic E-state index is 13.2. The van der Waals surface area contributed by atoms with Crippen molar-refractivity contribution in [3.8, 4) is 0 Å². The summed E-state index contributed by atoms with van der Waals surface area (Å²) in [6, 6.07) is 14.3. The summed E-state index contributed by atoms with van der Waals surface area (Å²) in [6.45, 7) is 2.11. The average molecular weight is 471 g/mol. The van der Waals surface area contributed by atoms with Gasteiger partial charge in [0.2, 0.25) is 17.7 Å². The maximum absolute atomic E-state index is 13.2. The number of anilines is 1. The summed E-state index contributed by atoms with van der Waals surface area (Å²) in [7, 11) is 0.761.